The van der Waals surface area contributed by atoms with E-state index in [9.17, 15) is 9.59 Å². The molecule has 6 heteroatoms. The number of carbonyl (C=O) groups is 2. The number of hydrogen-bond donors (Lipinski definition) is 2. The largest absolute Gasteiger partial charge is 0.459 e. The summed E-state index contributed by atoms with van der Waals surface area (Å²) in [7, 11) is 0. The molecule has 2 amide bonds. The third-order valence-electron chi connectivity index (χ3n) is 5.70. The lowest BCUT2D eigenvalue weighted by Crippen LogP contribution is -2.58. The summed E-state index contributed by atoms with van der Waals surface area (Å²) in [5.74, 6) is 0.342. The van der Waals surface area contributed by atoms with Crippen molar-refractivity contribution in [2.45, 2.75) is 38.4 Å². The standard InChI is InChI=1S/C21H25N3O3/c1-14-8-9-22-12-17(14)23-20(25)18-11-15-5-2-3-6-16(15)13-24(18)21(26)19-7-4-10-27-19/h2-7,10,14,17-18,22H,8-9,11-13H2,1H3,(H,23,25). The average molecular weight is 367 g/mol. The number of amides is 2. The van der Waals surface area contributed by atoms with Crippen molar-refractivity contribution in [1.29, 1.82) is 0 Å². The fourth-order valence-corrected chi connectivity index (χ4v) is 3.97. The van der Waals surface area contributed by atoms with Gasteiger partial charge in [0.1, 0.15) is 6.04 Å². The maximum atomic E-state index is 13.1. The van der Waals surface area contributed by atoms with Crippen molar-refractivity contribution in [3.63, 3.8) is 0 Å². The van der Waals surface area contributed by atoms with Gasteiger partial charge in [0.25, 0.3) is 5.91 Å². The average Bonchev–Trinajstić information content (AvgIpc) is 3.23. The summed E-state index contributed by atoms with van der Waals surface area (Å²) in [6.45, 7) is 4.32. The second-order valence-electron chi connectivity index (χ2n) is 7.48. The van der Waals surface area contributed by atoms with Crippen molar-refractivity contribution < 1.29 is 14.0 Å². The molecular weight excluding hydrogens is 342 g/mol. The van der Waals surface area contributed by atoms with Crippen LogP contribution in [0.1, 0.15) is 35.0 Å². The zero-order chi connectivity index (χ0) is 18.8. The van der Waals surface area contributed by atoms with Gasteiger partial charge in [-0.15, -0.1) is 0 Å². The summed E-state index contributed by atoms with van der Waals surface area (Å²) in [6, 6.07) is 10.9. The van der Waals surface area contributed by atoms with Crippen LogP contribution in [0.4, 0.5) is 0 Å². The number of rotatable bonds is 3. The molecule has 0 saturated carbocycles. The second-order valence-corrected chi connectivity index (χ2v) is 7.48. The molecule has 27 heavy (non-hydrogen) atoms. The number of nitrogens with zero attached hydrogens (tertiary/aromatic N) is 1. The molecule has 4 rings (SSSR count). The minimum Gasteiger partial charge on any atom is -0.459 e. The van der Waals surface area contributed by atoms with Gasteiger partial charge < -0.3 is 20.0 Å². The van der Waals surface area contributed by atoms with Gasteiger partial charge in [-0.05, 0) is 42.1 Å². The molecule has 0 radical (unpaired) electrons. The van der Waals surface area contributed by atoms with Crippen LogP contribution in [0, 0.1) is 5.92 Å². The van der Waals surface area contributed by atoms with Gasteiger partial charge in [0.05, 0.1) is 6.26 Å². The van der Waals surface area contributed by atoms with Crippen molar-refractivity contribution in [3.05, 3.63) is 59.5 Å². The Morgan fingerprint density at radius 1 is 1.19 bits per heavy atom. The normalized spacial score (nSPS) is 24.9. The quantitative estimate of drug-likeness (QED) is 0.870. The summed E-state index contributed by atoms with van der Waals surface area (Å²) in [4.78, 5) is 27.8. The van der Waals surface area contributed by atoms with Crippen molar-refractivity contribution >= 4 is 11.8 Å². The molecule has 3 unspecified atom stereocenters. The molecule has 2 aliphatic rings. The Balaban J connectivity index is 1.58. The van der Waals surface area contributed by atoms with Gasteiger partial charge in [-0.3, -0.25) is 9.59 Å². The van der Waals surface area contributed by atoms with Crippen LogP contribution in [0.25, 0.3) is 0 Å². The molecule has 1 fully saturated rings. The van der Waals surface area contributed by atoms with E-state index in [4.69, 9.17) is 4.42 Å². The van der Waals surface area contributed by atoms with Gasteiger partial charge >= 0.3 is 0 Å². The number of furan rings is 1. The molecule has 1 aromatic carbocycles. The van der Waals surface area contributed by atoms with E-state index < -0.39 is 6.04 Å². The number of nitrogens with one attached hydrogen (secondary N) is 2. The maximum absolute atomic E-state index is 13.1. The van der Waals surface area contributed by atoms with E-state index >= 15 is 0 Å². The van der Waals surface area contributed by atoms with E-state index in [-0.39, 0.29) is 23.6 Å². The van der Waals surface area contributed by atoms with Crippen LogP contribution < -0.4 is 10.6 Å². The Morgan fingerprint density at radius 3 is 2.74 bits per heavy atom. The minimum atomic E-state index is -0.536. The Kier molecular flexibility index (Phi) is 4.99. The first kappa shape index (κ1) is 17.8. The Morgan fingerprint density at radius 2 is 2.00 bits per heavy atom. The predicted molar refractivity (Wildman–Crippen MR) is 101 cm³/mol. The van der Waals surface area contributed by atoms with Gasteiger partial charge in [-0.2, -0.15) is 0 Å². The topological polar surface area (TPSA) is 74.6 Å². The summed E-state index contributed by atoms with van der Waals surface area (Å²) in [5, 5.41) is 6.51. The van der Waals surface area contributed by atoms with Crippen LogP contribution >= 0.6 is 0 Å². The first-order valence-electron chi connectivity index (χ1n) is 9.56. The zero-order valence-electron chi connectivity index (χ0n) is 15.5. The first-order chi connectivity index (χ1) is 13.1. The van der Waals surface area contributed by atoms with Gasteiger partial charge in [0, 0.05) is 25.6 Å². The lowest BCUT2D eigenvalue weighted by Gasteiger charge is -2.38. The third-order valence-corrected chi connectivity index (χ3v) is 5.70. The van der Waals surface area contributed by atoms with Crippen molar-refractivity contribution in [2.75, 3.05) is 13.1 Å². The molecule has 1 aromatic heterocycles. The van der Waals surface area contributed by atoms with Gasteiger partial charge in [-0.25, -0.2) is 0 Å². The molecule has 3 atom stereocenters. The highest BCUT2D eigenvalue weighted by Crippen LogP contribution is 2.26. The monoisotopic (exact) mass is 367 g/mol. The SMILES string of the molecule is CC1CCNCC1NC(=O)C1Cc2ccccc2CN1C(=O)c1ccco1. The highest BCUT2D eigenvalue weighted by atomic mass is 16.3. The molecule has 3 heterocycles. The van der Waals surface area contributed by atoms with E-state index in [0.29, 0.717) is 18.9 Å². The van der Waals surface area contributed by atoms with Crippen LogP contribution in [-0.2, 0) is 17.8 Å². The number of benzene rings is 1. The third kappa shape index (κ3) is 3.62. The predicted octanol–water partition coefficient (Wildman–Crippen LogP) is 1.96. The summed E-state index contributed by atoms with van der Waals surface area (Å²) < 4.78 is 5.30. The highest BCUT2D eigenvalue weighted by Gasteiger charge is 2.37. The summed E-state index contributed by atoms with van der Waals surface area (Å²) >= 11 is 0. The maximum Gasteiger partial charge on any atom is 0.290 e. The second kappa shape index (κ2) is 7.56. The van der Waals surface area contributed by atoms with Crippen LogP contribution in [0.3, 0.4) is 0 Å². The molecule has 2 aliphatic heterocycles. The number of carbonyl (C=O) groups excluding carboxylic acids is 2. The van der Waals surface area contributed by atoms with E-state index in [0.717, 1.165) is 30.6 Å². The number of piperidine rings is 1. The van der Waals surface area contributed by atoms with Crippen LogP contribution in [0.5, 0.6) is 0 Å². The fraction of sp³-hybridized carbons (Fsp3) is 0.429. The van der Waals surface area contributed by atoms with Crippen molar-refractivity contribution in [2.24, 2.45) is 5.92 Å². The van der Waals surface area contributed by atoms with Crippen molar-refractivity contribution in [3.8, 4) is 0 Å². The van der Waals surface area contributed by atoms with Gasteiger partial charge in [0.2, 0.25) is 5.91 Å². The minimum absolute atomic E-state index is 0.0870. The molecule has 0 bridgehead atoms. The van der Waals surface area contributed by atoms with Gasteiger partial charge in [0.15, 0.2) is 5.76 Å². The molecule has 0 aliphatic carbocycles. The number of fused-ring (bicyclic) bond motifs is 1. The van der Waals surface area contributed by atoms with Crippen LogP contribution in [0.2, 0.25) is 0 Å². The molecule has 6 nitrogen and oxygen atoms in total. The first-order valence-corrected chi connectivity index (χ1v) is 9.56. The van der Waals surface area contributed by atoms with Gasteiger partial charge in [-0.1, -0.05) is 31.2 Å². The zero-order valence-corrected chi connectivity index (χ0v) is 15.5. The van der Waals surface area contributed by atoms with E-state index in [2.05, 4.69) is 17.6 Å². The smallest absolute Gasteiger partial charge is 0.290 e. The van der Waals surface area contributed by atoms with Crippen LogP contribution in [0.15, 0.2) is 47.1 Å². The molecule has 2 aromatic rings. The lowest BCUT2D eigenvalue weighted by atomic mass is 9.91. The Labute approximate surface area is 158 Å². The Hall–Kier alpha value is -2.60. The molecule has 2 N–H and O–H groups in total. The highest BCUT2D eigenvalue weighted by molar-refractivity contribution is 5.96. The van der Waals surface area contributed by atoms with E-state index in [1.807, 2.05) is 24.3 Å². The van der Waals surface area contributed by atoms with Crippen LogP contribution in [-0.4, -0.2) is 41.9 Å². The fourth-order valence-electron chi connectivity index (χ4n) is 3.97. The van der Waals surface area contributed by atoms with Crippen molar-refractivity contribution in [1.82, 2.24) is 15.5 Å². The van der Waals surface area contributed by atoms with E-state index in [1.165, 1.54) is 6.26 Å². The summed E-state index contributed by atoms with van der Waals surface area (Å²) in [6.07, 6.45) is 3.03. The number of hydrogen-bond acceptors (Lipinski definition) is 4. The Bertz CT molecular complexity index is 818. The molecular formula is C21H25N3O3. The summed E-state index contributed by atoms with van der Waals surface area (Å²) in [5.41, 5.74) is 2.20. The molecule has 1 saturated heterocycles. The molecule has 142 valence electrons. The van der Waals surface area contributed by atoms with E-state index in [1.54, 1.807) is 17.0 Å². The molecule has 0 spiro atoms. The lowest BCUT2D eigenvalue weighted by molar-refractivity contribution is -0.127.